The minimum absolute atomic E-state index is 0.0152. The lowest BCUT2D eigenvalue weighted by molar-refractivity contribution is -0.697. The first-order valence-electron chi connectivity index (χ1n) is 16.8. The fourth-order valence-corrected chi connectivity index (χ4v) is 6.50. The Labute approximate surface area is 247 Å². The Bertz CT molecular complexity index is 1010. The molecule has 2 atom stereocenters. The highest BCUT2D eigenvalue weighted by atomic mass is 15.1. The Morgan fingerprint density at radius 2 is 1.18 bits per heavy atom. The molecule has 0 aliphatic rings. The quantitative estimate of drug-likeness (QED) is 0.0880. The molecule has 3 aromatic rings. The highest BCUT2D eigenvalue weighted by Crippen LogP contribution is 2.41. The van der Waals surface area contributed by atoms with E-state index >= 15 is 0 Å². The smallest absolute Gasteiger partial charge is 0.237 e. The van der Waals surface area contributed by atoms with Gasteiger partial charge in [0.15, 0.2) is 0 Å². The molecule has 0 fully saturated rings. The number of aryl methyl sites for hydroxylation is 1. The van der Waals surface area contributed by atoms with Crippen LogP contribution in [0.25, 0.3) is 0 Å². The molecule has 0 saturated heterocycles. The number of imidazole rings is 1. The molecule has 0 saturated carbocycles. The average Bonchev–Trinajstić information content (AvgIpc) is 3.45. The maximum absolute atomic E-state index is 2.56. The SMILES string of the molecule is CCCCCCCCCCCC[n+]1ccn(C(CCCCCCC)C(C)(Cc2ccccc2)c2ccccc2)c1. The van der Waals surface area contributed by atoms with Gasteiger partial charge in [-0.05, 0) is 43.2 Å². The van der Waals surface area contributed by atoms with Gasteiger partial charge < -0.3 is 0 Å². The van der Waals surface area contributed by atoms with Crippen LogP contribution in [0.15, 0.2) is 79.4 Å². The van der Waals surface area contributed by atoms with Gasteiger partial charge in [-0.1, -0.05) is 158 Å². The second-order valence-electron chi connectivity index (χ2n) is 12.4. The maximum Gasteiger partial charge on any atom is 0.244 e. The third-order valence-electron chi connectivity index (χ3n) is 9.01. The Kier molecular flexibility index (Phi) is 15.2. The van der Waals surface area contributed by atoms with E-state index in [1.807, 2.05) is 0 Å². The monoisotopic (exact) mass is 543 g/mol. The van der Waals surface area contributed by atoms with Crippen LogP contribution in [0.2, 0.25) is 0 Å². The van der Waals surface area contributed by atoms with Gasteiger partial charge in [0.2, 0.25) is 6.33 Å². The van der Waals surface area contributed by atoms with E-state index in [2.05, 4.69) is 109 Å². The molecule has 220 valence electrons. The van der Waals surface area contributed by atoms with E-state index in [9.17, 15) is 0 Å². The fraction of sp³-hybridized carbons (Fsp3) is 0.605. The van der Waals surface area contributed by atoms with Crippen LogP contribution in [0.1, 0.15) is 141 Å². The zero-order chi connectivity index (χ0) is 28.3. The molecule has 40 heavy (non-hydrogen) atoms. The van der Waals surface area contributed by atoms with E-state index in [-0.39, 0.29) is 5.41 Å². The van der Waals surface area contributed by atoms with Gasteiger partial charge >= 0.3 is 0 Å². The van der Waals surface area contributed by atoms with Crippen LogP contribution < -0.4 is 4.57 Å². The standard InChI is InChI=1S/C38H59N2/c1-4-6-8-10-11-12-13-14-16-24-30-39-31-32-40(34-39)37(29-23-15-9-7-5-2)38(3,36-27-21-18-22-28-36)33-35-25-19-17-20-26-35/h17-22,25-28,31-32,34,37H,4-16,23-24,29-30,33H2,1-3H3/q+1. The molecule has 3 rings (SSSR count). The summed E-state index contributed by atoms with van der Waals surface area (Å²) in [6, 6.07) is 22.9. The van der Waals surface area contributed by atoms with E-state index in [1.54, 1.807) is 0 Å². The van der Waals surface area contributed by atoms with Crippen LogP contribution in [0.3, 0.4) is 0 Å². The van der Waals surface area contributed by atoms with Crippen LogP contribution >= 0.6 is 0 Å². The van der Waals surface area contributed by atoms with E-state index in [4.69, 9.17) is 0 Å². The van der Waals surface area contributed by atoms with Crippen molar-refractivity contribution in [3.05, 3.63) is 90.5 Å². The molecule has 2 heteroatoms. The molecule has 1 aromatic heterocycles. The van der Waals surface area contributed by atoms with Crippen LogP contribution in [-0.2, 0) is 18.4 Å². The maximum atomic E-state index is 2.56. The van der Waals surface area contributed by atoms with Crippen molar-refractivity contribution in [2.75, 3.05) is 0 Å². The molecule has 2 aromatic carbocycles. The topological polar surface area (TPSA) is 8.81 Å². The predicted octanol–water partition coefficient (Wildman–Crippen LogP) is 10.8. The van der Waals surface area contributed by atoms with E-state index < -0.39 is 0 Å². The lowest BCUT2D eigenvalue weighted by Gasteiger charge is -2.37. The molecule has 0 spiro atoms. The van der Waals surface area contributed by atoms with Gasteiger partial charge in [-0.2, -0.15) is 0 Å². The summed E-state index contributed by atoms with van der Waals surface area (Å²) in [6.07, 6.45) is 29.9. The van der Waals surface area contributed by atoms with Crippen LogP contribution in [-0.4, -0.2) is 4.57 Å². The van der Waals surface area contributed by atoms with Crippen molar-refractivity contribution in [2.45, 2.75) is 148 Å². The van der Waals surface area contributed by atoms with Crippen LogP contribution in [0.5, 0.6) is 0 Å². The van der Waals surface area contributed by atoms with Crippen molar-refractivity contribution in [1.29, 1.82) is 0 Å². The summed E-state index contributed by atoms with van der Waals surface area (Å²) in [5.41, 5.74) is 2.89. The molecule has 0 N–H and O–H groups in total. The predicted molar refractivity (Wildman–Crippen MR) is 173 cm³/mol. The summed E-state index contributed by atoms with van der Waals surface area (Å²) >= 11 is 0. The van der Waals surface area contributed by atoms with Crippen molar-refractivity contribution < 1.29 is 4.57 Å². The van der Waals surface area contributed by atoms with E-state index in [1.165, 1.54) is 114 Å². The van der Waals surface area contributed by atoms with Gasteiger partial charge in [-0.15, -0.1) is 0 Å². The molecule has 0 amide bonds. The van der Waals surface area contributed by atoms with Crippen LogP contribution in [0, 0.1) is 0 Å². The first-order valence-corrected chi connectivity index (χ1v) is 16.8. The van der Waals surface area contributed by atoms with Crippen LogP contribution in [0.4, 0.5) is 0 Å². The number of rotatable bonds is 22. The van der Waals surface area contributed by atoms with E-state index in [0.717, 1.165) is 13.0 Å². The Balaban J connectivity index is 1.67. The van der Waals surface area contributed by atoms with Gasteiger partial charge in [0.1, 0.15) is 18.4 Å². The summed E-state index contributed by atoms with van der Waals surface area (Å²) in [4.78, 5) is 0. The average molecular weight is 544 g/mol. The molecule has 0 radical (unpaired) electrons. The van der Waals surface area contributed by atoms with Gasteiger partial charge in [0.25, 0.3) is 0 Å². The zero-order valence-corrected chi connectivity index (χ0v) is 26.2. The summed E-state index contributed by atoms with van der Waals surface area (Å²) in [7, 11) is 0. The third-order valence-corrected chi connectivity index (χ3v) is 9.01. The number of nitrogens with zero attached hydrogens (tertiary/aromatic N) is 2. The molecule has 0 aliphatic heterocycles. The minimum atomic E-state index is 0.0152. The Hall–Kier alpha value is -2.35. The van der Waals surface area contributed by atoms with Crippen molar-refractivity contribution in [3.63, 3.8) is 0 Å². The first-order chi connectivity index (χ1) is 19.7. The summed E-state index contributed by atoms with van der Waals surface area (Å²) in [5.74, 6) is 0. The first kappa shape index (κ1) is 32.2. The summed E-state index contributed by atoms with van der Waals surface area (Å²) < 4.78 is 5.01. The number of aromatic nitrogens is 2. The number of hydrogen-bond donors (Lipinski definition) is 0. The lowest BCUT2D eigenvalue weighted by Crippen LogP contribution is -2.38. The second-order valence-corrected chi connectivity index (χ2v) is 12.4. The summed E-state index contributed by atoms with van der Waals surface area (Å²) in [5, 5.41) is 0. The largest absolute Gasteiger partial charge is 0.244 e. The molecular weight excluding hydrogens is 484 g/mol. The number of hydrogen-bond acceptors (Lipinski definition) is 0. The Morgan fingerprint density at radius 3 is 1.77 bits per heavy atom. The number of benzene rings is 2. The molecule has 0 bridgehead atoms. The zero-order valence-electron chi connectivity index (χ0n) is 26.2. The highest BCUT2D eigenvalue weighted by molar-refractivity contribution is 5.30. The van der Waals surface area contributed by atoms with Crippen molar-refractivity contribution in [3.8, 4) is 0 Å². The molecule has 0 aliphatic carbocycles. The Morgan fingerprint density at radius 1 is 0.650 bits per heavy atom. The van der Waals surface area contributed by atoms with Crippen molar-refractivity contribution in [1.82, 2.24) is 4.57 Å². The molecule has 2 nitrogen and oxygen atoms in total. The number of unbranched alkanes of at least 4 members (excludes halogenated alkanes) is 13. The van der Waals surface area contributed by atoms with E-state index in [0.29, 0.717) is 6.04 Å². The second kappa shape index (κ2) is 18.9. The van der Waals surface area contributed by atoms with Gasteiger partial charge in [0.05, 0.1) is 6.54 Å². The van der Waals surface area contributed by atoms with Crippen molar-refractivity contribution in [2.24, 2.45) is 0 Å². The van der Waals surface area contributed by atoms with Crippen molar-refractivity contribution >= 4 is 0 Å². The highest BCUT2D eigenvalue weighted by Gasteiger charge is 2.40. The molecular formula is C38H59N2+. The lowest BCUT2D eigenvalue weighted by atomic mass is 9.70. The molecule has 2 unspecified atom stereocenters. The van der Waals surface area contributed by atoms with Gasteiger partial charge in [-0.3, -0.25) is 0 Å². The molecule has 1 heterocycles. The minimum Gasteiger partial charge on any atom is -0.237 e. The van der Waals surface area contributed by atoms with Gasteiger partial charge in [0, 0.05) is 5.41 Å². The summed E-state index contributed by atoms with van der Waals surface area (Å²) in [6.45, 7) is 8.25. The fourth-order valence-electron chi connectivity index (χ4n) is 6.50. The van der Waals surface area contributed by atoms with Gasteiger partial charge in [-0.25, -0.2) is 9.13 Å². The third kappa shape index (κ3) is 10.9. The normalized spacial score (nSPS) is 13.8.